The van der Waals surface area contributed by atoms with Gasteiger partial charge in [-0.15, -0.1) is 0 Å². The topological polar surface area (TPSA) is 43.4 Å². The summed E-state index contributed by atoms with van der Waals surface area (Å²) in [5.74, 6) is 1.47. The van der Waals surface area contributed by atoms with E-state index in [0.29, 0.717) is 12.0 Å². The van der Waals surface area contributed by atoms with Gasteiger partial charge >= 0.3 is 0 Å². The first-order valence-corrected chi connectivity index (χ1v) is 5.68. The summed E-state index contributed by atoms with van der Waals surface area (Å²) in [6.07, 6.45) is 2.43. The highest BCUT2D eigenvalue weighted by atomic mass is 16.5. The van der Waals surface area contributed by atoms with Gasteiger partial charge in [0.05, 0.1) is 7.11 Å². The highest BCUT2D eigenvalue weighted by Gasteiger charge is 2.15. The van der Waals surface area contributed by atoms with Crippen LogP contribution in [0.5, 0.6) is 11.6 Å². The molecule has 0 radical (unpaired) electrons. The molecular weight excluding hydrogens is 204 g/mol. The molecule has 1 N–H and O–H groups in total. The molecule has 1 saturated heterocycles. The molecule has 1 aromatic rings. The van der Waals surface area contributed by atoms with Crippen molar-refractivity contribution in [3.05, 3.63) is 17.8 Å². The van der Waals surface area contributed by atoms with Gasteiger partial charge in [-0.3, -0.25) is 0 Å². The predicted molar refractivity (Wildman–Crippen MR) is 62.0 cm³/mol. The number of rotatable bonds is 3. The Morgan fingerprint density at radius 3 is 2.75 bits per heavy atom. The molecule has 0 aromatic carbocycles. The van der Waals surface area contributed by atoms with E-state index in [4.69, 9.17) is 9.47 Å². The molecular formula is C12H18N2O2. The molecule has 1 fully saturated rings. The Morgan fingerprint density at radius 1 is 1.31 bits per heavy atom. The third-order valence-corrected chi connectivity index (χ3v) is 2.70. The van der Waals surface area contributed by atoms with Crippen molar-refractivity contribution in [2.75, 3.05) is 20.2 Å². The average Bonchev–Trinajstić information content (AvgIpc) is 2.29. The monoisotopic (exact) mass is 222 g/mol. The van der Waals surface area contributed by atoms with Crippen LogP contribution in [0.15, 0.2) is 12.1 Å². The van der Waals surface area contributed by atoms with Gasteiger partial charge in [-0.05, 0) is 32.9 Å². The number of nitrogens with zero attached hydrogens (tertiary/aromatic N) is 1. The molecule has 16 heavy (non-hydrogen) atoms. The summed E-state index contributed by atoms with van der Waals surface area (Å²) in [6, 6.07) is 3.79. The number of pyridine rings is 1. The smallest absolute Gasteiger partial charge is 0.216 e. The fourth-order valence-electron chi connectivity index (χ4n) is 1.89. The molecule has 2 heterocycles. The summed E-state index contributed by atoms with van der Waals surface area (Å²) < 4.78 is 11.0. The van der Waals surface area contributed by atoms with E-state index >= 15 is 0 Å². The molecule has 88 valence electrons. The maximum absolute atomic E-state index is 5.92. The van der Waals surface area contributed by atoms with Crippen molar-refractivity contribution in [2.24, 2.45) is 0 Å². The molecule has 0 bridgehead atoms. The first kappa shape index (κ1) is 11.2. The van der Waals surface area contributed by atoms with Crippen molar-refractivity contribution in [2.45, 2.75) is 25.9 Å². The van der Waals surface area contributed by atoms with Crippen LogP contribution in [0.1, 0.15) is 18.5 Å². The van der Waals surface area contributed by atoms with Gasteiger partial charge < -0.3 is 14.8 Å². The zero-order chi connectivity index (χ0) is 11.4. The summed E-state index contributed by atoms with van der Waals surface area (Å²) in [6.45, 7) is 4.01. The van der Waals surface area contributed by atoms with Crippen LogP contribution in [0.2, 0.25) is 0 Å². The second-order valence-corrected chi connectivity index (χ2v) is 4.05. The first-order valence-electron chi connectivity index (χ1n) is 5.68. The zero-order valence-electron chi connectivity index (χ0n) is 9.82. The number of aryl methyl sites for hydroxylation is 1. The van der Waals surface area contributed by atoms with E-state index in [0.717, 1.165) is 37.4 Å². The molecule has 1 aliphatic rings. The minimum atomic E-state index is 0.313. The predicted octanol–water partition coefficient (Wildman–Crippen LogP) is 1.53. The number of hydrogen-bond donors (Lipinski definition) is 1. The lowest BCUT2D eigenvalue weighted by Gasteiger charge is -2.24. The molecule has 4 heteroatoms. The summed E-state index contributed by atoms with van der Waals surface area (Å²) in [5.41, 5.74) is 0.920. The summed E-state index contributed by atoms with van der Waals surface area (Å²) in [4.78, 5) is 4.23. The fourth-order valence-corrected chi connectivity index (χ4v) is 1.89. The largest absolute Gasteiger partial charge is 0.490 e. The first-order chi connectivity index (χ1) is 7.78. The van der Waals surface area contributed by atoms with Crippen molar-refractivity contribution in [3.63, 3.8) is 0 Å². The van der Waals surface area contributed by atoms with Crippen molar-refractivity contribution < 1.29 is 9.47 Å². The van der Waals surface area contributed by atoms with E-state index in [1.165, 1.54) is 0 Å². The van der Waals surface area contributed by atoms with Crippen LogP contribution in [-0.2, 0) is 0 Å². The number of piperidine rings is 1. The standard InChI is InChI=1S/C12H18N2O2/c1-9-7-11(8-12(14-9)15-2)16-10-3-5-13-6-4-10/h7-8,10,13H,3-6H2,1-2H3. The fraction of sp³-hybridized carbons (Fsp3) is 0.583. The lowest BCUT2D eigenvalue weighted by Crippen LogP contribution is -2.34. The third kappa shape index (κ3) is 2.85. The highest BCUT2D eigenvalue weighted by molar-refractivity contribution is 5.30. The SMILES string of the molecule is COc1cc(OC2CCNCC2)cc(C)n1. The molecule has 2 rings (SSSR count). The molecule has 0 aliphatic carbocycles. The Labute approximate surface area is 96.0 Å². The van der Waals surface area contributed by atoms with Gasteiger partial charge in [-0.1, -0.05) is 0 Å². The molecule has 1 aliphatic heterocycles. The number of ether oxygens (including phenoxy) is 2. The molecule has 0 atom stereocenters. The molecule has 0 unspecified atom stereocenters. The molecule has 4 nitrogen and oxygen atoms in total. The normalized spacial score (nSPS) is 17.1. The van der Waals surface area contributed by atoms with E-state index in [1.807, 2.05) is 19.1 Å². The van der Waals surface area contributed by atoms with E-state index in [1.54, 1.807) is 7.11 Å². The van der Waals surface area contributed by atoms with Crippen LogP contribution in [0.25, 0.3) is 0 Å². The van der Waals surface area contributed by atoms with Gasteiger partial charge in [0.2, 0.25) is 5.88 Å². The lowest BCUT2D eigenvalue weighted by molar-refractivity contribution is 0.161. The Hall–Kier alpha value is -1.29. The highest BCUT2D eigenvalue weighted by Crippen LogP contribution is 2.21. The maximum Gasteiger partial charge on any atom is 0.216 e. The maximum atomic E-state index is 5.92. The van der Waals surface area contributed by atoms with Crippen molar-refractivity contribution in [1.29, 1.82) is 0 Å². The van der Waals surface area contributed by atoms with E-state index in [9.17, 15) is 0 Å². The average molecular weight is 222 g/mol. The third-order valence-electron chi connectivity index (χ3n) is 2.70. The summed E-state index contributed by atoms with van der Waals surface area (Å²) in [7, 11) is 1.62. The van der Waals surface area contributed by atoms with Crippen LogP contribution >= 0.6 is 0 Å². The minimum Gasteiger partial charge on any atom is -0.490 e. The quantitative estimate of drug-likeness (QED) is 0.842. The Balaban J connectivity index is 2.04. The van der Waals surface area contributed by atoms with Crippen molar-refractivity contribution in [1.82, 2.24) is 10.3 Å². The zero-order valence-corrected chi connectivity index (χ0v) is 9.82. The molecule has 0 saturated carbocycles. The van der Waals surface area contributed by atoms with Crippen molar-refractivity contribution in [3.8, 4) is 11.6 Å². The Morgan fingerprint density at radius 2 is 2.06 bits per heavy atom. The van der Waals surface area contributed by atoms with Gasteiger partial charge in [0, 0.05) is 17.8 Å². The minimum absolute atomic E-state index is 0.313. The number of nitrogens with one attached hydrogen (secondary N) is 1. The molecule has 0 amide bonds. The second kappa shape index (κ2) is 5.16. The number of hydrogen-bond acceptors (Lipinski definition) is 4. The lowest BCUT2D eigenvalue weighted by atomic mass is 10.1. The van der Waals surface area contributed by atoms with Crippen molar-refractivity contribution >= 4 is 0 Å². The Bertz CT molecular complexity index is 349. The summed E-state index contributed by atoms with van der Waals surface area (Å²) >= 11 is 0. The van der Waals surface area contributed by atoms with Crippen LogP contribution < -0.4 is 14.8 Å². The van der Waals surface area contributed by atoms with Gasteiger partial charge in [-0.25, -0.2) is 4.98 Å². The van der Waals surface area contributed by atoms with Gasteiger partial charge in [-0.2, -0.15) is 0 Å². The Kier molecular flexibility index (Phi) is 3.62. The summed E-state index contributed by atoms with van der Waals surface area (Å²) in [5, 5.41) is 3.32. The van der Waals surface area contributed by atoms with Crippen LogP contribution in [-0.4, -0.2) is 31.3 Å². The molecule has 0 spiro atoms. The van der Waals surface area contributed by atoms with Crippen LogP contribution in [0.3, 0.4) is 0 Å². The van der Waals surface area contributed by atoms with Gasteiger partial charge in [0.1, 0.15) is 11.9 Å². The van der Waals surface area contributed by atoms with Crippen LogP contribution in [0, 0.1) is 6.92 Å². The van der Waals surface area contributed by atoms with Gasteiger partial charge in [0.25, 0.3) is 0 Å². The van der Waals surface area contributed by atoms with E-state index in [2.05, 4.69) is 10.3 Å². The number of aromatic nitrogens is 1. The number of methoxy groups -OCH3 is 1. The van der Waals surface area contributed by atoms with Gasteiger partial charge in [0.15, 0.2) is 0 Å². The second-order valence-electron chi connectivity index (χ2n) is 4.05. The van der Waals surface area contributed by atoms with E-state index in [-0.39, 0.29) is 0 Å². The molecule has 1 aromatic heterocycles. The van der Waals surface area contributed by atoms with Crippen LogP contribution in [0.4, 0.5) is 0 Å². The van der Waals surface area contributed by atoms with E-state index < -0.39 is 0 Å².